The number of hydrogen-bond donors (Lipinski definition) is 1. The van der Waals surface area contributed by atoms with Gasteiger partial charge in [0.2, 0.25) is 0 Å². The first-order chi connectivity index (χ1) is 7.13. The number of nitrogen functional groups attached to an aromatic ring is 1. The molecule has 6 nitrogen and oxygen atoms in total. The molecule has 80 valence electrons. The van der Waals surface area contributed by atoms with Crippen molar-refractivity contribution in [2.75, 3.05) is 18.5 Å². The summed E-state index contributed by atoms with van der Waals surface area (Å²) in [6.45, 7) is -0.296. The zero-order valence-electron chi connectivity index (χ0n) is 8.08. The van der Waals surface area contributed by atoms with Gasteiger partial charge < -0.3 is 5.73 Å². The van der Waals surface area contributed by atoms with E-state index in [1.54, 1.807) is 18.5 Å². The second-order valence-electron chi connectivity index (χ2n) is 2.64. The molecule has 0 spiro atoms. The maximum Gasteiger partial charge on any atom is 0.251 e. The number of aliphatic imine (C=N–C) groups is 1. The minimum atomic E-state index is -0.429. The Labute approximate surface area is 90.8 Å². The molecule has 0 radical (unpaired) electrons. The van der Waals surface area contributed by atoms with Gasteiger partial charge in [-0.2, -0.15) is 0 Å². The molecule has 1 rings (SSSR count). The molecule has 0 aromatic carbocycles. The van der Waals surface area contributed by atoms with E-state index in [9.17, 15) is 10.1 Å². The number of nitrogens with zero attached hydrogens (tertiary/aromatic N) is 3. The van der Waals surface area contributed by atoms with Crippen molar-refractivity contribution in [1.82, 2.24) is 4.98 Å². The molecule has 15 heavy (non-hydrogen) atoms. The molecule has 2 N–H and O–H groups in total. The first kappa shape index (κ1) is 11.4. The fourth-order valence-electron chi connectivity index (χ4n) is 0.881. The summed E-state index contributed by atoms with van der Waals surface area (Å²) in [6, 6.07) is 1.60. The first-order valence-electron chi connectivity index (χ1n) is 4.06. The predicted molar refractivity (Wildman–Crippen MR) is 61.1 cm³/mol. The highest BCUT2D eigenvalue weighted by molar-refractivity contribution is 8.13. The summed E-state index contributed by atoms with van der Waals surface area (Å²) >= 11 is 1.23. The molecular formula is C8H10N4O2S. The minimum absolute atomic E-state index is 0.296. The van der Waals surface area contributed by atoms with Crippen molar-refractivity contribution in [1.29, 1.82) is 0 Å². The number of rotatable bonds is 3. The summed E-state index contributed by atoms with van der Waals surface area (Å²) in [7, 11) is 0. The Morgan fingerprint density at radius 3 is 3.07 bits per heavy atom. The van der Waals surface area contributed by atoms with Gasteiger partial charge in [-0.05, 0) is 12.3 Å². The van der Waals surface area contributed by atoms with Crippen molar-refractivity contribution in [3.05, 3.63) is 28.6 Å². The minimum Gasteiger partial charge on any atom is -0.397 e. The van der Waals surface area contributed by atoms with Gasteiger partial charge in [0.1, 0.15) is 10.7 Å². The van der Waals surface area contributed by atoms with Crippen molar-refractivity contribution in [3.63, 3.8) is 0 Å². The topological polar surface area (TPSA) is 94.4 Å². The van der Waals surface area contributed by atoms with Crippen LogP contribution in [0.25, 0.3) is 0 Å². The molecular weight excluding hydrogens is 216 g/mol. The van der Waals surface area contributed by atoms with Gasteiger partial charge in [-0.25, -0.2) is 4.99 Å². The van der Waals surface area contributed by atoms with E-state index in [0.29, 0.717) is 16.4 Å². The number of nitro groups is 1. The zero-order valence-corrected chi connectivity index (χ0v) is 8.90. The van der Waals surface area contributed by atoms with Crippen LogP contribution in [-0.4, -0.2) is 27.8 Å². The van der Waals surface area contributed by atoms with E-state index < -0.39 is 4.92 Å². The Hall–Kier alpha value is -1.63. The summed E-state index contributed by atoms with van der Waals surface area (Å²) < 4.78 is 0. The molecule has 0 aliphatic rings. The predicted octanol–water partition coefficient (Wildman–Crippen LogP) is 1.33. The third kappa shape index (κ3) is 3.55. The maximum absolute atomic E-state index is 10.3. The SMILES string of the molecule is CSC(C[N+](=O)[O-])=Nc1cnccc1N. The van der Waals surface area contributed by atoms with E-state index in [4.69, 9.17) is 5.73 Å². The molecule has 0 amide bonds. The standard InChI is InChI=1S/C8H10N4O2S/c1-15-8(5-12(13)14)11-7-4-10-3-2-6(7)9/h2-4H,5H2,1H3,(H2,9,10). The lowest BCUT2D eigenvalue weighted by Crippen LogP contribution is -2.09. The van der Waals surface area contributed by atoms with Crippen LogP contribution < -0.4 is 5.73 Å². The Kier molecular flexibility index (Phi) is 4.04. The lowest BCUT2D eigenvalue weighted by molar-refractivity contribution is -0.462. The van der Waals surface area contributed by atoms with Crippen LogP contribution >= 0.6 is 11.8 Å². The van der Waals surface area contributed by atoms with Crippen LogP contribution in [0.2, 0.25) is 0 Å². The monoisotopic (exact) mass is 226 g/mol. The van der Waals surface area contributed by atoms with Crippen LogP contribution in [0.3, 0.4) is 0 Å². The molecule has 0 bridgehead atoms. The largest absolute Gasteiger partial charge is 0.397 e. The average molecular weight is 226 g/mol. The van der Waals surface area contributed by atoms with Crippen LogP contribution in [0.5, 0.6) is 0 Å². The van der Waals surface area contributed by atoms with E-state index in [1.807, 2.05) is 0 Å². The van der Waals surface area contributed by atoms with Gasteiger partial charge in [-0.15, -0.1) is 11.8 Å². The summed E-state index contributed by atoms with van der Waals surface area (Å²) in [5.41, 5.74) is 6.55. The Morgan fingerprint density at radius 1 is 1.80 bits per heavy atom. The number of aromatic nitrogens is 1. The highest BCUT2D eigenvalue weighted by Crippen LogP contribution is 2.20. The van der Waals surface area contributed by atoms with Crippen LogP contribution in [0, 0.1) is 10.1 Å². The molecule has 0 fully saturated rings. The zero-order chi connectivity index (χ0) is 11.3. The number of pyridine rings is 1. The lowest BCUT2D eigenvalue weighted by Gasteiger charge is -2.00. The second-order valence-corrected chi connectivity index (χ2v) is 3.51. The smallest absolute Gasteiger partial charge is 0.251 e. The van der Waals surface area contributed by atoms with Crippen molar-refractivity contribution < 1.29 is 4.92 Å². The molecule has 7 heteroatoms. The first-order valence-corrected chi connectivity index (χ1v) is 5.29. The van der Waals surface area contributed by atoms with E-state index >= 15 is 0 Å². The molecule has 0 saturated carbocycles. The van der Waals surface area contributed by atoms with E-state index in [-0.39, 0.29) is 6.54 Å². The van der Waals surface area contributed by atoms with Crippen molar-refractivity contribution in [2.45, 2.75) is 0 Å². The van der Waals surface area contributed by atoms with Crippen LogP contribution in [0.4, 0.5) is 11.4 Å². The highest BCUT2D eigenvalue weighted by atomic mass is 32.2. The Morgan fingerprint density at radius 2 is 2.53 bits per heavy atom. The van der Waals surface area contributed by atoms with Gasteiger partial charge in [-0.3, -0.25) is 15.1 Å². The summed E-state index contributed by atoms with van der Waals surface area (Å²) in [4.78, 5) is 17.8. The molecule has 0 atom stereocenters. The van der Waals surface area contributed by atoms with Gasteiger partial charge in [0, 0.05) is 11.1 Å². The van der Waals surface area contributed by atoms with Crippen LogP contribution in [0.15, 0.2) is 23.5 Å². The molecule has 1 heterocycles. The molecule has 0 saturated heterocycles. The molecule has 0 unspecified atom stereocenters. The fraction of sp³-hybridized carbons (Fsp3) is 0.250. The van der Waals surface area contributed by atoms with Gasteiger partial charge >= 0.3 is 0 Å². The number of nitrogens with two attached hydrogens (primary N) is 1. The Bertz CT molecular complexity index is 394. The Balaban J connectivity index is 2.93. The maximum atomic E-state index is 10.3. The highest BCUT2D eigenvalue weighted by Gasteiger charge is 2.07. The molecule has 0 aliphatic carbocycles. The van der Waals surface area contributed by atoms with E-state index in [0.717, 1.165) is 0 Å². The van der Waals surface area contributed by atoms with Gasteiger partial charge in [0.05, 0.1) is 11.9 Å². The quantitative estimate of drug-likeness (QED) is 0.363. The molecule has 1 aromatic heterocycles. The fourth-order valence-corrected chi connectivity index (χ4v) is 1.30. The molecule has 1 aromatic rings. The molecule has 0 aliphatic heterocycles. The van der Waals surface area contributed by atoms with Gasteiger partial charge in [-0.1, -0.05) is 0 Å². The van der Waals surface area contributed by atoms with Crippen LogP contribution in [-0.2, 0) is 0 Å². The average Bonchev–Trinajstić information content (AvgIpc) is 2.19. The number of hydrogen-bond acceptors (Lipinski definition) is 6. The van der Waals surface area contributed by atoms with Gasteiger partial charge in [0.25, 0.3) is 6.54 Å². The second kappa shape index (κ2) is 5.30. The third-order valence-corrected chi connectivity index (χ3v) is 2.27. The van der Waals surface area contributed by atoms with Crippen LogP contribution in [0.1, 0.15) is 0 Å². The number of thioether (sulfide) groups is 1. The summed E-state index contributed by atoms with van der Waals surface area (Å²) in [5.74, 6) is 0. The van der Waals surface area contributed by atoms with Gasteiger partial charge in [0.15, 0.2) is 0 Å². The van der Waals surface area contributed by atoms with Crippen molar-refractivity contribution in [3.8, 4) is 0 Å². The summed E-state index contributed by atoms with van der Waals surface area (Å²) in [6.07, 6.45) is 4.75. The third-order valence-electron chi connectivity index (χ3n) is 1.58. The van der Waals surface area contributed by atoms with Crippen molar-refractivity contribution >= 4 is 28.2 Å². The lowest BCUT2D eigenvalue weighted by atomic mass is 10.4. The normalized spacial score (nSPS) is 11.4. The van der Waals surface area contributed by atoms with E-state index in [1.165, 1.54) is 18.0 Å². The van der Waals surface area contributed by atoms with Crippen molar-refractivity contribution in [2.24, 2.45) is 4.99 Å². The number of anilines is 1. The summed E-state index contributed by atoms with van der Waals surface area (Å²) in [5, 5.41) is 10.7. The van der Waals surface area contributed by atoms with E-state index in [2.05, 4.69) is 9.98 Å².